The summed E-state index contributed by atoms with van der Waals surface area (Å²) in [5, 5.41) is 0.351. The van der Waals surface area contributed by atoms with Gasteiger partial charge in [-0.3, -0.25) is 0 Å². The van der Waals surface area contributed by atoms with Crippen molar-refractivity contribution in [3.05, 3.63) is 52.1 Å². The number of likely N-dealkylation sites (tertiary alicyclic amines) is 1. The monoisotopic (exact) mass is 507 g/mol. The third-order valence-electron chi connectivity index (χ3n) is 5.89. The molecule has 1 saturated heterocycles. The highest BCUT2D eigenvalue weighted by atomic mass is 35.5. The van der Waals surface area contributed by atoms with E-state index in [1.165, 1.54) is 7.11 Å². The fourth-order valence-corrected chi connectivity index (χ4v) is 4.71. The van der Waals surface area contributed by atoms with Gasteiger partial charge < -0.3 is 18.8 Å². The molecular formula is C25H28Cl2FN3O3. The summed E-state index contributed by atoms with van der Waals surface area (Å²) >= 11 is 12.5. The summed E-state index contributed by atoms with van der Waals surface area (Å²) in [7, 11) is 1.40. The maximum Gasteiger partial charge on any atom is 0.410 e. The molecule has 4 rings (SSSR count). The Kier molecular flexibility index (Phi) is 6.97. The van der Waals surface area contributed by atoms with E-state index in [1.54, 1.807) is 4.90 Å². The van der Waals surface area contributed by atoms with Gasteiger partial charge in [0.1, 0.15) is 11.2 Å². The van der Waals surface area contributed by atoms with Gasteiger partial charge in [-0.05, 0) is 69.7 Å². The van der Waals surface area contributed by atoms with Crippen LogP contribution < -0.4 is 4.74 Å². The molecule has 0 N–H and O–H groups in total. The average molecular weight is 508 g/mol. The van der Waals surface area contributed by atoms with Gasteiger partial charge in [0.25, 0.3) is 0 Å². The number of pyridine rings is 1. The normalized spacial score (nSPS) is 15.1. The minimum absolute atomic E-state index is 0.0438. The number of benzene rings is 1. The van der Waals surface area contributed by atoms with Crippen molar-refractivity contribution in [3.8, 4) is 16.9 Å². The predicted molar refractivity (Wildman–Crippen MR) is 131 cm³/mol. The van der Waals surface area contributed by atoms with Crippen LogP contribution in [-0.2, 0) is 11.2 Å². The van der Waals surface area contributed by atoms with Crippen molar-refractivity contribution < 1.29 is 18.7 Å². The molecule has 9 heteroatoms. The van der Waals surface area contributed by atoms with E-state index in [4.69, 9.17) is 37.7 Å². The highest BCUT2D eigenvalue weighted by Crippen LogP contribution is 2.42. The van der Waals surface area contributed by atoms with E-state index in [9.17, 15) is 9.18 Å². The Balaban J connectivity index is 1.49. The van der Waals surface area contributed by atoms with E-state index in [1.807, 2.05) is 49.7 Å². The number of amides is 1. The molecule has 2 aromatic heterocycles. The van der Waals surface area contributed by atoms with Crippen molar-refractivity contribution in [1.29, 1.82) is 0 Å². The first-order chi connectivity index (χ1) is 16.1. The van der Waals surface area contributed by atoms with Gasteiger partial charge in [0.2, 0.25) is 0 Å². The van der Waals surface area contributed by atoms with Crippen LogP contribution >= 0.6 is 23.2 Å². The van der Waals surface area contributed by atoms with Crippen molar-refractivity contribution in [1.82, 2.24) is 14.3 Å². The van der Waals surface area contributed by atoms with Crippen LogP contribution in [0, 0.1) is 11.7 Å². The fourth-order valence-electron chi connectivity index (χ4n) is 4.27. The van der Waals surface area contributed by atoms with Gasteiger partial charge in [0.05, 0.1) is 22.8 Å². The molecule has 0 unspecified atom stereocenters. The lowest BCUT2D eigenvalue weighted by atomic mass is 9.92. The lowest BCUT2D eigenvalue weighted by molar-refractivity contribution is 0.0184. The molecule has 0 atom stereocenters. The molecule has 0 saturated carbocycles. The molecule has 34 heavy (non-hydrogen) atoms. The fraction of sp³-hybridized carbons (Fsp3) is 0.440. The number of piperidine rings is 1. The number of nitrogens with zero attached hydrogens (tertiary/aromatic N) is 3. The molecule has 6 nitrogen and oxygen atoms in total. The number of rotatable bonds is 4. The molecule has 0 aliphatic carbocycles. The SMILES string of the molecule is COc1c(F)cc(Cl)c(Cl)c1-c1ccn2cc(CC3CCN(C(=O)OC(C)(C)C)CC3)nc2c1. The summed E-state index contributed by atoms with van der Waals surface area (Å²) in [5.41, 5.74) is 2.25. The van der Waals surface area contributed by atoms with Crippen LogP contribution in [0.1, 0.15) is 39.3 Å². The minimum Gasteiger partial charge on any atom is -0.493 e. The molecule has 0 bridgehead atoms. The number of methoxy groups -OCH3 is 1. The number of hydrogen-bond donors (Lipinski definition) is 0. The zero-order valence-corrected chi connectivity index (χ0v) is 21.2. The summed E-state index contributed by atoms with van der Waals surface area (Å²) in [6.07, 6.45) is 6.21. The minimum atomic E-state index is -0.575. The number of halogens is 3. The van der Waals surface area contributed by atoms with Crippen LogP contribution in [0.25, 0.3) is 16.8 Å². The van der Waals surface area contributed by atoms with Crippen LogP contribution in [0.2, 0.25) is 10.0 Å². The lowest BCUT2D eigenvalue weighted by Crippen LogP contribution is -2.42. The average Bonchev–Trinajstić information content (AvgIpc) is 3.16. The second-order valence-corrected chi connectivity index (χ2v) is 10.4. The zero-order valence-electron chi connectivity index (χ0n) is 19.7. The number of carbonyl (C=O) groups is 1. The van der Waals surface area contributed by atoms with Crippen LogP contribution in [0.5, 0.6) is 5.75 Å². The Bertz CT molecular complexity index is 1210. The van der Waals surface area contributed by atoms with Crippen molar-refractivity contribution in [2.45, 2.75) is 45.6 Å². The summed E-state index contributed by atoms with van der Waals surface area (Å²) in [5.74, 6) is -0.101. The Hall–Kier alpha value is -2.51. The van der Waals surface area contributed by atoms with E-state index < -0.39 is 11.4 Å². The number of imidazole rings is 1. The smallest absolute Gasteiger partial charge is 0.410 e. The van der Waals surface area contributed by atoms with Crippen LogP contribution in [0.4, 0.5) is 9.18 Å². The number of carbonyl (C=O) groups excluding carboxylic acids is 1. The molecule has 3 heterocycles. The van der Waals surface area contributed by atoms with Crippen molar-refractivity contribution in [2.75, 3.05) is 20.2 Å². The van der Waals surface area contributed by atoms with Gasteiger partial charge in [0, 0.05) is 31.0 Å². The Morgan fingerprint density at radius 2 is 1.94 bits per heavy atom. The molecule has 0 radical (unpaired) electrons. The maximum absolute atomic E-state index is 14.4. The third kappa shape index (κ3) is 5.26. The van der Waals surface area contributed by atoms with Crippen LogP contribution in [-0.4, -0.2) is 46.2 Å². The van der Waals surface area contributed by atoms with Gasteiger partial charge in [-0.2, -0.15) is 0 Å². The standard InChI is InChI=1S/C25H28Cl2FN3O3/c1-25(2,3)34-24(32)30-8-5-15(6-9-30)11-17-14-31-10-7-16(12-20(31)29-17)21-22(27)18(26)13-19(28)23(21)33-4/h7,10,12-15H,5-6,8-9,11H2,1-4H3. The highest BCUT2D eigenvalue weighted by molar-refractivity contribution is 6.44. The van der Waals surface area contributed by atoms with Gasteiger partial charge in [-0.1, -0.05) is 23.2 Å². The van der Waals surface area contributed by atoms with E-state index in [0.29, 0.717) is 30.1 Å². The number of ether oxygens (including phenoxy) is 2. The molecule has 1 aliphatic rings. The van der Waals surface area contributed by atoms with Crippen molar-refractivity contribution >= 4 is 34.9 Å². The highest BCUT2D eigenvalue weighted by Gasteiger charge is 2.27. The first-order valence-corrected chi connectivity index (χ1v) is 12.0. The summed E-state index contributed by atoms with van der Waals surface area (Å²) < 4.78 is 27.1. The van der Waals surface area contributed by atoms with Gasteiger partial charge in [-0.15, -0.1) is 0 Å². The lowest BCUT2D eigenvalue weighted by Gasteiger charge is -2.33. The second kappa shape index (κ2) is 9.62. The number of aromatic nitrogens is 2. The molecule has 1 amide bonds. The first-order valence-electron chi connectivity index (χ1n) is 11.2. The van der Waals surface area contributed by atoms with E-state index >= 15 is 0 Å². The second-order valence-electron chi connectivity index (χ2n) is 9.59. The van der Waals surface area contributed by atoms with E-state index in [2.05, 4.69) is 0 Å². The van der Waals surface area contributed by atoms with Crippen LogP contribution in [0.15, 0.2) is 30.6 Å². The largest absolute Gasteiger partial charge is 0.493 e. The number of hydrogen-bond acceptors (Lipinski definition) is 4. The number of fused-ring (bicyclic) bond motifs is 1. The maximum atomic E-state index is 14.4. The molecule has 1 fully saturated rings. The van der Waals surface area contributed by atoms with E-state index in [-0.39, 0.29) is 21.9 Å². The molecule has 1 aliphatic heterocycles. The summed E-state index contributed by atoms with van der Waals surface area (Å²) in [6.45, 7) is 6.98. The van der Waals surface area contributed by atoms with Gasteiger partial charge in [-0.25, -0.2) is 14.2 Å². The third-order valence-corrected chi connectivity index (χ3v) is 6.68. The van der Waals surface area contributed by atoms with Crippen molar-refractivity contribution in [3.63, 3.8) is 0 Å². The molecule has 1 aromatic carbocycles. The molecule has 182 valence electrons. The summed E-state index contributed by atoms with van der Waals surface area (Å²) in [4.78, 5) is 18.8. The zero-order chi connectivity index (χ0) is 24.6. The van der Waals surface area contributed by atoms with E-state index in [0.717, 1.165) is 36.7 Å². The molecule has 3 aromatic rings. The topological polar surface area (TPSA) is 56.1 Å². The Labute approximate surface area is 208 Å². The Morgan fingerprint density at radius 3 is 2.59 bits per heavy atom. The first kappa shape index (κ1) is 24.6. The quantitative estimate of drug-likeness (QED) is 0.371. The summed E-state index contributed by atoms with van der Waals surface area (Å²) in [6, 6.07) is 4.82. The predicted octanol–water partition coefficient (Wildman–Crippen LogP) is 6.65. The van der Waals surface area contributed by atoms with Gasteiger partial charge in [0.15, 0.2) is 11.6 Å². The van der Waals surface area contributed by atoms with Crippen LogP contribution in [0.3, 0.4) is 0 Å². The van der Waals surface area contributed by atoms with Gasteiger partial charge >= 0.3 is 6.09 Å². The molecule has 0 spiro atoms. The Morgan fingerprint density at radius 1 is 1.24 bits per heavy atom. The molecular weight excluding hydrogens is 480 g/mol. The van der Waals surface area contributed by atoms with Crippen molar-refractivity contribution in [2.24, 2.45) is 5.92 Å².